The summed E-state index contributed by atoms with van der Waals surface area (Å²) in [7, 11) is 0.347. The first-order valence-electron chi connectivity index (χ1n) is 9.96. The summed E-state index contributed by atoms with van der Waals surface area (Å²) in [6.45, 7) is 2.20. The van der Waals surface area contributed by atoms with Crippen molar-refractivity contribution in [3.8, 4) is 0 Å². The molecule has 2 aromatic carbocycles. The lowest BCUT2D eigenvalue weighted by atomic mass is 10.1. The average molecular weight is 433 g/mol. The number of sulfonamides is 1. The molecule has 0 N–H and O–H groups in total. The molecule has 1 aliphatic rings. The summed E-state index contributed by atoms with van der Waals surface area (Å²) in [6.07, 6.45) is 0.282. The Hall–Kier alpha value is -2.26. The van der Waals surface area contributed by atoms with E-state index in [2.05, 4.69) is 0 Å². The van der Waals surface area contributed by atoms with Crippen molar-refractivity contribution in [2.45, 2.75) is 17.4 Å². The number of carbonyl (C=O) groups excluding carboxylic acids is 1. The molecule has 7 nitrogen and oxygen atoms in total. The van der Waals surface area contributed by atoms with E-state index < -0.39 is 16.0 Å². The van der Waals surface area contributed by atoms with Crippen LogP contribution in [0.5, 0.6) is 0 Å². The van der Waals surface area contributed by atoms with E-state index >= 15 is 0 Å². The largest absolute Gasteiger partial charge is 0.454 e. The Morgan fingerprint density at radius 3 is 2.30 bits per heavy atom. The molecule has 162 valence electrons. The van der Waals surface area contributed by atoms with Gasteiger partial charge in [0.1, 0.15) is 6.10 Å². The minimum absolute atomic E-state index is 0.160. The molecule has 1 heterocycles. The summed E-state index contributed by atoms with van der Waals surface area (Å²) in [5, 5.41) is 0. The lowest BCUT2D eigenvalue weighted by molar-refractivity contribution is 0.0261. The number of hydrogen-bond acceptors (Lipinski definition) is 6. The van der Waals surface area contributed by atoms with E-state index in [0.717, 1.165) is 12.1 Å². The van der Waals surface area contributed by atoms with Crippen LogP contribution in [0.1, 0.15) is 28.4 Å². The van der Waals surface area contributed by atoms with E-state index in [1.54, 1.807) is 0 Å². The first kappa shape index (κ1) is 22.4. The van der Waals surface area contributed by atoms with Crippen molar-refractivity contribution < 1.29 is 22.7 Å². The van der Waals surface area contributed by atoms with Crippen molar-refractivity contribution >= 4 is 16.0 Å². The van der Waals surface area contributed by atoms with Crippen LogP contribution in [0.3, 0.4) is 0 Å². The Labute approximate surface area is 178 Å². The van der Waals surface area contributed by atoms with Crippen LogP contribution in [0.25, 0.3) is 0 Å². The van der Waals surface area contributed by atoms with Gasteiger partial charge in [-0.2, -0.15) is 4.31 Å². The number of morpholine rings is 1. The van der Waals surface area contributed by atoms with Crippen molar-refractivity contribution in [1.29, 1.82) is 0 Å². The number of ether oxygens (including phenoxy) is 2. The van der Waals surface area contributed by atoms with Gasteiger partial charge < -0.3 is 14.4 Å². The monoisotopic (exact) mass is 432 g/mol. The second-order valence-corrected chi connectivity index (χ2v) is 9.38. The first-order chi connectivity index (χ1) is 14.4. The van der Waals surface area contributed by atoms with Gasteiger partial charge in [-0.25, -0.2) is 13.2 Å². The Bertz CT molecular complexity index is 924. The number of benzene rings is 2. The molecule has 0 aliphatic carbocycles. The molecule has 0 unspecified atom stereocenters. The van der Waals surface area contributed by atoms with Crippen LogP contribution in [0.2, 0.25) is 0 Å². The molecule has 0 radical (unpaired) electrons. The molecular weight excluding hydrogens is 404 g/mol. The predicted octanol–water partition coefficient (Wildman–Crippen LogP) is 2.56. The number of hydrogen-bond donors (Lipinski definition) is 0. The molecule has 0 aromatic heterocycles. The van der Waals surface area contributed by atoms with Gasteiger partial charge in [-0.3, -0.25) is 0 Å². The zero-order valence-electron chi connectivity index (χ0n) is 17.4. The summed E-state index contributed by atoms with van der Waals surface area (Å²) in [5.41, 5.74) is 1.25. The second-order valence-electron chi connectivity index (χ2n) is 7.44. The van der Waals surface area contributed by atoms with Crippen LogP contribution in [0.15, 0.2) is 59.5 Å². The fourth-order valence-corrected chi connectivity index (χ4v) is 4.64. The predicted molar refractivity (Wildman–Crippen MR) is 114 cm³/mol. The smallest absolute Gasteiger partial charge is 0.338 e. The highest BCUT2D eigenvalue weighted by molar-refractivity contribution is 7.89. The highest BCUT2D eigenvalue weighted by Gasteiger charge is 2.26. The average Bonchev–Trinajstić information content (AvgIpc) is 2.77. The Morgan fingerprint density at radius 1 is 1.07 bits per heavy atom. The number of carbonyl (C=O) groups is 1. The topological polar surface area (TPSA) is 76.2 Å². The maximum absolute atomic E-state index is 12.7. The maximum atomic E-state index is 12.7. The molecule has 1 fully saturated rings. The number of nitrogens with zero attached hydrogens (tertiary/aromatic N) is 2. The molecule has 1 atom stereocenters. The highest BCUT2D eigenvalue weighted by atomic mass is 32.2. The summed E-state index contributed by atoms with van der Waals surface area (Å²) >= 11 is 0. The summed E-state index contributed by atoms with van der Waals surface area (Å²) in [5.74, 6) is -0.474. The van der Waals surface area contributed by atoms with Gasteiger partial charge in [0.2, 0.25) is 10.0 Å². The quantitative estimate of drug-likeness (QED) is 0.597. The third kappa shape index (κ3) is 5.66. The van der Waals surface area contributed by atoms with Crippen LogP contribution in [0.4, 0.5) is 0 Å². The van der Waals surface area contributed by atoms with Crippen LogP contribution < -0.4 is 0 Å². The van der Waals surface area contributed by atoms with Crippen LogP contribution >= 0.6 is 0 Å². The summed E-state index contributed by atoms with van der Waals surface area (Å²) in [4.78, 5) is 14.9. The minimum Gasteiger partial charge on any atom is -0.454 e. The number of rotatable bonds is 8. The van der Waals surface area contributed by atoms with Crippen LogP contribution in [-0.4, -0.2) is 70.5 Å². The Kier molecular flexibility index (Phi) is 7.60. The zero-order valence-corrected chi connectivity index (χ0v) is 18.2. The van der Waals surface area contributed by atoms with E-state index in [1.165, 1.54) is 28.6 Å². The Balaban J connectivity index is 1.72. The number of esters is 1. The van der Waals surface area contributed by atoms with E-state index in [1.807, 2.05) is 49.3 Å². The zero-order chi connectivity index (χ0) is 21.6. The van der Waals surface area contributed by atoms with Crippen molar-refractivity contribution in [1.82, 2.24) is 9.21 Å². The van der Waals surface area contributed by atoms with Crippen molar-refractivity contribution in [2.75, 3.05) is 46.9 Å². The van der Waals surface area contributed by atoms with Gasteiger partial charge in [0.15, 0.2) is 0 Å². The van der Waals surface area contributed by atoms with Gasteiger partial charge >= 0.3 is 5.97 Å². The maximum Gasteiger partial charge on any atom is 0.338 e. The van der Waals surface area contributed by atoms with Gasteiger partial charge in [-0.15, -0.1) is 0 Å². The summed E-state index contributed by atoms with van der Waals surface area (Å²) < 4.78 is 37.9. The van der Waals surface area contributed by atoms with Crippen molar-refractivity contribution in [3.63, 3.8) is 0 Å². The minimum atomic E-state index is -3.59. The van der Waals surface area contributed by atoms with Gasteiger partial charge in [-0.1, -0.05) is 30.3 Å². The molecule has 1 saturated heterocycles. The fourth-order valence-electron chi connectivity index (χ4n) is 3.23. The molecule has 0 saturated carbocycles. The van der Waals surface area contributed by atoms with Gasteiger partial charge in [0, 0.05) is 26.1 Å². The normalized spacial score (nSPS) is 16.4. The standard InChI is InChI=1S/C22H28N2O5S/c1-23(2)13-12-21(18-6-4-3-5-7-18)29-22(25)19-8-10-20(11-9-19)30(26,27)24-14-16-28-17-15-24/h3-11,21H,12-17H2,1-2H3/t21-/m0/s1. The SMILES string of the molecule is CN(C)CC[C@H](OC(=O)c1ccc(S(=O)(=O)N2CCOCC2)cc1)c1ccccc1. The molecule has 0 amide bonds. The molecular formula is C22H28N2O5S. The van der Waals surface area contributed by atoms with Crippen molar-refractivity contribution in [2.24, 2.45) is 0 Å². The third-order valence-electron chi connectivity index (χ3n) is 4.96. The molecule has 3 rings (SSSR count). The van der Waals surface area contributed by atoms with E-state index in [4.69, 9.17) is 9.47 Å². The molecule has 8 heteroatoms. The second kappa shape index (κ2) is 10.2. The van der Waals surface area contributed by atoms with Gasteiger partial charge in [0.25, 0.3) is 0 Å². The van der Waals surface area contributed by atoms with E-state index in [9.17, 15) is 13.2 Å². The van der Waals surface area contributed by atoms with Crippen LogP contribution in [0, 0.1) is 0 Å². The molecule has 0 bridgehead atoms. The summed E-state index contributed by atoms with van der Waals surface area (Å²) in [6, 6.07) is 15.5. The van der Waals surface area contributed by atoms with E-state index in [0.29, 0.717) is 38.3 Å². The Morgan fingerprint density at radius 2 is 1.70 bits per heavy atom. The van der Waals surface area contributed by atoms with Crippen LogP contribution in [-0.2, 0) is 19.5 Å². The lowest BCUT2D eigenvalue weighted by Crippen LogP contribution is -2.40. The molecule has 30 heavy (non-hydrogen) atoms. The molecule has 0 spiro atoms. The fraction of sp³-hybridized carbons (Fsp3) is 0.409. The van der Waals surface area contributed by atoms with E-state index in [-0.39, 0.29) is 11.0 Å². The molecule has 1 aliphatic heterocycles. The van der Waals surface area contributed by atoms with Gasteiger partial charge in [0.05, 0.1) is 23.7 Å². The molecule has 2 aromatic rings. The highest BCUT2D eigenvalue weighted by Crippen LogP contribution is 2.24. The lowest BCUT2D eigenvalue weighted by Gasteiger charge is -2.26. The van der Waals surface area contributed by atoms with Crippen molar-refractivity contribution in [3.05, 3.63) is 65.7 Å². The third-order valence-corrected chi connectivity index (χ3v) is 6.87. The first-order valence-corrected chi connectivity index (χ1v) is 11.4. The van der Waals surface area contributed by atoms with Gasteiger partial charge in [-0.05, 0) is 43.9 Å².